The second kappa shape index (κ2) is 9.59. The van der Waals surface area contributed by atoms with Crippen molar-refractivity contribution in [1.82, 2.24) is 9.80 Å². The maximum atomic E-state index is 6.17. The van der Waals surface area contributed by atoms with E-state index in [4.69, 9.17) is 33.3 Å². The van der Waals surface area contributed by atoms with Crippen LogP contribution in [0.2, 0.25) is 5.02 Å². The molecule has 5 nitrogen and oxygen atoms in total. The first kappa shape index (κ1) is 20.2. The summed E-state index contributed by atoms with van der Waals surface area (Å²) in [5.41, 5.74) is 0.754. The number of anilines is 1. The number of hydrogen-bond acceptors (Lipinski definition) is 5. The van der Waals surface area contributed by atoms with Gasteiger partial charge in [0.2, 0.25) is 0 Å². The number of thiocarbonyl (C=S) groups is 1. The number of hydrogen-bond donors (Lipinski definition) is 1. The SMILES string of the molecule is COc1cc(NC(=S)N2CCN(CCc3cccs3)CC2)c(OC)cc1Cl. The van der Waals surface area contributed by atoms with Gasteiger partial charge in [0, 0.05) is 49.7 Å². The standard InChI is InChI=1S/C19H24ClN3O2S2/c1-24-17-13-16(18(25-2)12-15(17)20)21-19(26)23-9-7-22(8-10-23)6-5-14-4-3-11-27-14/h3-4,11-13H,5-10H2,1-2H3,(H,21,26). The Morgan fingerprint density at radius 3 is 2.56 bits per heavy atom. The highest BCUT2D eigenvalue weighted by Crippen LogP contribution is 2.36. The number of ether oxygens (including phenoxy) is 2. The third kappa shape index (κ3) is 5.25. The van der Waals surface area contributed by atoms with Gasteiger partial charge in [0.1, 0.15) is 11.5 Å². The zero-order valence-corrected chi connectivity index (χ0v) is 17.9. The van der Waals surface area contributed by atoms with Crippen LogP contribution in [0.3, 0.4) is 0 Å². The highest BCUT2D eigenvalue weighted by Gasteiger charge is 2.20. The normalized spacial score (nSPS) is 14.9. The lowest BCUT2D eigenvalue weighted by Gasteiger charge is -2.36. The lowest BCUT2D eigenvalue weighted by molar-refractivity contribution is 0.186. The van der Waals surface area contributed by atoms with Gasteiger partial charge in [-0.05, 0) is 30.1 Å². The van der Waals surface area contributed by atoms with E-state index in [-0.39, 0.29) is 0 Å². The molecule has 0 amide bonds. The van der Waals surface area contributed by atoms with Crippen molar-refractivity contribution in [2.24, 2.45) is 0 Å². The van der Waals surface area contributed by atoms with Gasteiger partial charge in [0.15, 0.2) is 5.11 Å². The number of thiophene rings is 1. The molecular weight excluding hydrogens is 402 g/mol. The number of piperazine rings is 1. The molecule has 0 atom stereocenters. The number of methoxy groups -OCH3 is 2. The second-order valence-corrected chi connectivity index (χ2v) is 8.10. The van der Waals surface area contributed by atoms with E-state index in [1.165, 1.54) is 4.88 Å². The Morgan fingerprint density at radius 2 is 1.93 bits per heavy atom. The van der Waals surface area contributed by atoms with E-state index in [0.717, 1.165) is 44.8 Å². The van der Waals surface area contributed by atoms with Gasteiger partial charge in [-0.3, -0.25) is 4.90 Å². The zero-order chi connectivity index (χ0) is 19.2. The molecule has 0 bridgehead atoms. The zero-order valence-electron chi connectivity index (χ0n) is 15.5. The van der Waals surface area contributed by atoms with Crippen LogP contribution in [-0.2, 0) is 6.42 Å². The van der Waals surface area contributed by atoms with E-state index in [1.807, 2.05) is 17.4 Å². The Balaban J connectivity index is 1.53. The molecule has 1 aliphatic rings. The molecule has 1 N–H and O–H groups in total. The molecule has 27 heavy (non-hydrogen) atoms. The van der Waals surface area contributed by atoms with Crippen molar-refractivity contribution in [3.63, 3.8) is 0 Å². The first-order chi connectivity index (χ1) is 13.1. The first-order valence-corrected chi connectivity index (χ1v) is 10.5. The maximum Gasteiger partial charge on any atom is 0.173 e. The van der Waals surface area contributed by atoms with Gasteiger partial charge in [-0.15, -0.1) is 11.3 Å². The summed E-state index contributed by atoms with van der Waals surface area (Å²) in [5, 5.41) is 6.61. The predicted octanol–water partition coefficient (Wildman–Crippen LogP) is 3.98. The Morgan fingerprint density at radius 1 is 1.19 bits per heavy atom. The fourth-order valence-electron chi connectivity index (χ4n) is 3.05. The van der Waals surface area contributed by atoms with Crippen molar-refractivity contribution in [3.05, 3.63) is 39.5 Å². The number of nitrogens with zero attached hydrogens (tertiary/aromatic N) is 2. The fraction of sp³-hybridized carbons (Fsp3) is 0.421. The molecule has 0 saturated carbocycles. The van der Waals surface area contributed by atoms with E-state index >= 15 is 0 Å². The van der Waals surface area contributed by atoms with Crippen LogP contribution in [-0.4, -0.2) is 61.9 Å². The molecule has 2 heterocycles. The third-order valence-corrected chi connectivity index (χ3v) is 6.22. The lowest BCUT2D eigenvalue weighted by Crippen LogP contribution is -2.50. The summed E-state index contributed by atoms with van der Waals surface area (Å²) in [6.45, 7) is 4.92. The number of benzene rings is 1. The molecule has 2 aromatic rings. The quantitative estimate of drug-likeness (QED) is 0.705. The highest BCUT2D eigenvalue weighted by atomic mass is 35.5. The van der Waals surface area contributed by atoms with Gasteiger partial charge < -0.3 is 19.7 Å². The summed E-state index contributed by atoms with van der Waals surface area (Å²) >= 11 is 13.6. The molecule has 1 aromatic heterocycles. The first-order valence-electron chi connectivity index (χ1n) is 8.83. The molecule has 0 spiro atoms. The smallest absolute Gasteiger partial charge is 0.173 e. The van der Waals surface area contributed by atoms with Gasteiger partial charge in [-0.1, -0.05) is 17.7 Å². The van der Waals surface area contributed by atoms with Crippen molar-refractivity contribution in [3.8, 4) is 11.5 Å². The van der Waals surface area contributed by atoms with Gasteiger partial charge in [0.25, 0.3) is 0 Å². The Labute approximate surface area is 174 Å². The summed E-state index contributed by atoms with van der Waals surface area (Å²) in [6, 6.07) is 7.86. The van der Waals surface area contributed by atoms with Crippen LogP contribution in [0, 0.1) is 0 Å². The molecule has 8 heteroatoms. The molecular formula is C19H24ClN3O2S2. The minimum Gasteiger partial charge on any atom is -0.495 e. The molecule has 146 valence electrons. The van der Waals surface area contributed by atoms with Crippen LogP contribution in [0.5, 0.6) is 11.5 Å². The molecule has 1 fully saturated rings. The average Bonchev–Trinajstić information content (AvgIpc) is 3.21. The van der Waals surface area contributed by atoms with E-state index < -0.39 is 0 Å². The Bertz CT molecular complexity index is 763. The van der Waals surface area contributed by atoms with Crippen molar-refractivity contribution < 1.29 is 9.47 Å². The summed E-state index contributed by atoms with van der Waals surface area (Å²) in [7, 11) is 3.20. The number of nitrogens with one attached hydrogen (secondary N) is 1. The highest BCUT2D eigenvalue weighted by molar-refractivity contribution is 7.80. The molecule has 0 unspecified atom stereocenters. The molecule has 0 radical (unpaired) electrons. The summed E-state index contributed by atoms with van der Waals surface area (Å²) in [4.78, 5) is 6.13. The molecule has 1 saturated heterocycles. The van der Waals surface area contributed by atoms with E-state index in [1.54, 1.807) is 20.3 Å². The van der Waals surface area contributed by atoms with E-state index in [9.17, 15) is 0 Å². The van der Waals surface area contributed by atoms with Crippen molar-refractivity contribution >= 4 is 46.0 Å². The Kier molecular flexibility index (Phi) is 7.18. The molecule has 0 aliphatic carbocycles. The summed E-state index contributed by atoms with van der Waals surface area (Å²) in [5.74, 6) is 1.22. The van der Waals surface area contributed by atoms with Crippen molar-refractivity contribution in [1.29, 1.82) is 0 Å². The number of halogens is 1. The molecule has 1 aliphatic heterocycles. The second-order valence-electron chi connectivity index (χ2n) is 6.28. The van der Waals surface area contributed by atoms with Gasteiger partial charge in [-0.2, -0.15) is 0 Å². The van der Waals surface area contributed by atoms with Crippen molar-refractivity contribution in [2.45, 2.75) is 6.42 Å². The molecule has 3 rings (SSSR count). The third-order valence-electron chi connectivity index (χ3n) is 4.63. The van der Waals surface area contributed by atoms with Crippen LogP contribution in [0.1, 0.15) is 4.88 Å². The summed E-state index contributed by atoms with van der Waals surface area (Å²) in [6.07, 6.45) is 1.11. The fourth-order valence-corrected chi connectivity index (χ4v) is 4.27. The predicted molar refractivity (Wildman–Crippen MR) is 117 cm³/mol. The van der Waals surface area contributed by atoms with Crippen LogP contribution in [0.4, 0.5) is 5.69 Å². The average molecular weight is 426 g/mol. The van der Waals surface area contributed by atoms with Gasteiger partial charge >= 0.3 is 0 Å². The van der Waals surface area contributed by atoms with Crippen LogP contribution < -0.4 is 14.8 Å². The largest absolute Gasteiger partial charge is 0.495 e. The van der Waals surface area contributed by atoms with Crippen LogP contribution in [0.25, 0.3) is 0 Å². The topological polar surface area (TPSA) is 37.0 Å². The molecule has 1 aromatic carbocycles. The number of rotatable bonds is 6. The Hall–Kier alpha value is -1.54. The lowest BCUT2D eigenvalue weighted by atomic mass is 10.2. The summed E-state index contributed by atoms with van der Waals surface area (Å²) < 4.78 is 10.7. The van der Waals surface area contributed by atoms with Gasteiger partial charge in [0.05, 0.1) is 24.9 Å². The van der Waals surface area contributed by atoms with E-state index in [0.29, 0.717) is 21.6 Å². The van der Waals surface area contributed by atoms with Gasteiger partial charge in [-0.25, -0.2) is 0 Å². The minimum atomic E-state index is 0.505. The van der Waals surface area contributed by atoms with Crippen molar-refractivity contribution in [2.75, 3.05) is 52.3 Å². The monoisotopic (exact) mass is 425 g/mol. The van der Waals surface area contributed by atoms with Crippen LogP contribution >= 0.6 is 35.2 Å². The van der Waals surface area contributed by atoms with Crippen LogP contribution in [0.15, 0.2) is 29.6 Å². The van der Waals surface area contributed by atoms with E-state index in [2.05, 4.69) is 32.6 Å². The maximum absolute atomic E-state index is 6.17. The minimum absolute atomic E-state index is 0.505.